The van der Waals surface area contributed by atoms with Crippen LogP contribution < -0.4 is 0 Å². The lowest BCUT2D eigenvalue weighted by molar-refractivity contribution is -0.197. The molecule has 9 nitrogen and oxygen atoms in total. The molecule has 0 bridgehead atoms. The number of nitrogens with zero attached hydrogens (tertiary/aromatic N) is 1. The van der Waals surface area contributed by atoms with Gasteiger partial charge in [0, 0.05) is 19.3 Å². The van der Waals surface area contributed by atoms with E-state index in [1.165, 1.54) is 0 Å². The molecule has 0 atom stereocenters. The molecule has 0 aliphatic carbocycles. The lowest BCUT2D eigenvalue weighted by Gasteiger charge is -2.16. The normalized spacial score (nSPS) is 13.1. The molecule has 0 saturated carbocycles. The van der Waals surface area contributed by atoms with Gasteiger partial charge in [0.15, 0.2) is 5.92 Å². The van der Waals surface area contributed by atoms with Gasteiger partial charge in [0.05, 0.1) is 0 Å². The van der Waals surface area contributed by atoms with E-state index in [0.29, 0.717) is 5.06 Å². The minimum absolute atomic E-state index is 0.00526. The molecule has 1 aliphatic heterocycles. The van der Waals surface area contributed by atoms with Gasteiger partial charge < -0.3 is 14.3 Å². The summed E-state index contributed by atoms with van der Waals surface area (Å²) in [7, 11) is 0. The lowest BCUT2D eigenvalue weighted by atomic mass is 10.0. The Bertz CT molecular complexity index is 950. The number of hydrogen-bond donors (Lipinski definition) is 0. The van der Waals surface area contributed by atoms with Gasteiger partial charge in [0.1, 0.15) is 13.2 Å². The highest BCUT2D eigenvalue weighted by Crippen LogP contribution is 2.18. The second-order valence-corrected chi connectivity index (χ2v) is 7.68. The monoisotopic (exact) mass is 467 g/mol. The summed E-state index contributed by atoms with van der Waals surface area (Å²) in [5.74, 6) is -4.73. The molecular formula is C25H25NO8. The topological polar surface area (TPSA) is 116 Å². The number of carbonyl (C=O) groups is 5. The molecular weight excluding hydrogens is 442 g/mol. The SMILES string of the molecule is O=C(CCCC(C(=O)OCc1ccccc1)C(=O)OCc1ccccc1)ON1C(=O)CCC1=O. The maximum absolute atomic E-state index is 12.7. The van der Waals surface area contributed by atoms with Crippen LogP contribution in [0, 0.1) is 5.92 Å². The van der Waals surface area contributed by atoms with Crippen molar-refractivity contribution >= 4 is 29.7 Å². The molecule has 2 aromatic carbocycles. The Morgan fingerprint density at radius 1 is 0.765 bits per heavy atom. The van der Waals surface area contributed by atoms with E-state index in [4.69, 9.17) is 14.3 Å². The van der Waals surface area contributed by atoms with Crippen LogP contribution in [0.5, 0.6) is 0 Å². The molecule has 1 heterocycles. The summed E-state index contributed by atoms with van der Waals surface area (Å²) in [6.45, 7) is -0.0211. The minimum atomic E-state index is -1.24. The Morgan fingerprint density at radius 2 is 1.24 bits per heavy atom. The summed E-state index contributed by atoms with van der Waals surface area (Å²) in [5, 5.41) is 0.460. The van der Waals surface area contributed by atoms with E-state index in [-0.39, 0.29) is 45.3 Å². The van der Waals surface area contributed by atoms with Crippen LogP contribution in [0.4, 0.5) is 0 Å². The Kier molecular flexibility index (Phi) is 8.90. The molecule has 1 aliphatic rings. The molecule has 0 N–H and O–H groups in total. The first-order valence-electron chi connectivity index (χ1n) is 10.9. The van der Waals surface area contributed by atoms with Crippen LogP contribution in [-0.2, 0) is 51.5 Å². The number of carbonyl (C=O) groups excluding carboxylic acids is 5. The van der Waals surface area contributed by atoms with E-state index >= 15 is 0 Å². The molecule has 2 amide bonds. The quantitative estimate of drug-likeness (QED) is 0.281. The smallest absolute Gasteiger partial charge is 0.333 e. The van der Waals surface area contributed by atoms with Crippen LogP contribution in [0.25, 0.3) is 0 Å². The van der Waals surface area contributed by atoms with E-state index in [9.17, 15) is 24.0 Å². The third kappa shape index (κ3) is 7.26. The Morgan fingerprint density at radius 3 is 1.71 bits per heavy atom. The average Bonchev–Trinajstić information content (AvgIpc) is 3.17. The van der Waals surface area contributed by atoms with Gasteiger partial charge in [-0.25, -0.2) is 4.79 Å². The average molecular weight is 467 g/mol. The van der Waals surface area contributed by atoms with Gasteiger partial charge in [-0.1, -0.05) is 60.7 Å². The minimum Gasteiger partial charge on any atom is -0.460 e. The van der Waals surface area contributed by atoms with Crippen molar-refractivity contribution in [3.05, 3.63) is 71.8 Å². The summed E-state index contributed by atoms with van der Waals surface area (Å²) in [4.78, 5) is 65.3. The highest BCUT2D eigenvalue weighted by atomic mass is 16.7. The molecule has 0 aromatic heterocycles. The van der Waals surface area contributed by atoms with E-state index in [1.807, 2.05) is 12.1 Å². The Hall–Kier alpha value is -4.01. The van der Waals surface area contributed by atoms with Gasteiger partial charge in [0.25, 0.3) is 11.8 Å². The zero-order valence-corrected chi connectivity index (χ0v) is 18.5. The van der Waals surface area contributed by atoms with Crippen molar-refractivity contribution in [2.24, 2.45) is 5.92 Å². The number of rotatable bonds is 11. The predicted molar refractivity (Wildman–Crippen MR) is 117 cm³/mol. The summed E-state index contributed by atoms with van der Waals surface area (Å²) in [6.07, 6.45) is -0.159. The maximum atomic E-state index is 12.7. The number of benzene rings is 2. The zero-order valence-electron chi connectivity index (χ0n) is 18.5. The van der Waals surface area contributed by atoms with Crippen molar-refractivity contribution in [3.8, 4) is 0 Å². The van der Waals surface area contributed by atoms with Gasteiger partial charge in [-0.3, -0.25) is 19.2 Å². The summed E-state index contributed by atoms with van der Waals surface area (Å²) in [5.41, 5.74) is 1.52. The molecule has 178 valence electrons. The van der Waals surface area contributed by atoms with Crippen LogP contribution in [0.1, 0.15) is 43.2 Å². The van der Waals surface area contributed by atoms with Gasteiger partial charge >= 0.3 is 17.9 Å². The van der Waals surface area contributed by atoms with Gasteiger partial charge in [-0.05, 0) is 24.0 Å². The molecule has 1 saturated heterocycles. The molecule has 0 unspecified atom stereocenters. The van der Waals surface area contributed by atoms with E-state index < -0.39 is 35.6 Å². The number of hydroxylamine groups is 2. The van der Waals surface area contributed by atoms with Crippen molar-refractivity contribution in [2.75, 3.05) is 0 Å². The first-order chi connectivity index (χ1) is 16.4. The third-order valence-corrected chi connectivity index (χ3v) is 5.09. The van der Waals surface area contributed by atoms with Crippen LogP contribution in [-0.4, -0.2) is 34.8 Å². The van der Waals surface area contributed by atoms with E-state index in [0.717, 1.165) is 11.1 Å². The second-order valence-electron chi connectivity index (χ2n) is 7.68. The highest BCUT2D eigenvalue weighted by Gasteiger charge is 2.33. The molecule has 1 fully saturated rings. The number of hydrogen-bond acceptors (Lipinski definition) is 8. The highest BCUT2D eigenvalue weighted by molar-refractivity contribution is 6.01. The Labute approximate surface area is 196 Å². The number of imide groups is 1. The van der Waals surface area contributed by atoms with Crippen LogP contribution >= 0.6 is 0 Å². The summed E-state index contributed by atoms with van der Waals surface area (Å²) < 4.78 is 10.6. The predicted octanol–water partition coefficient (Wildman–Crippen LogP) is 2.87. The fourth-order valence-electron chi connectivity index (χ4n) is 3.25. The first kappa shape index (κ1) is 24.6. The van der Waals surface area contributed by atoms with Gasteiger partial charge in [-0.2, -0.15) is 0 Å². The molecule has 3 rings (SSSR count). The fourth-order valence-corrected chi connectivity index (χ4v) is 3.25. The molecule has 0 radical (unpaired) electrons. The summed E-state index contributed by atoms with van der Waals surface area (Å²) in [6, 6.07) is 18.0. The largest absolute Gasteiger partial charge is 0.460 e. The standard InChI is InChI=1S/C25H25NO8/c27-21-14-15-22(28)26(21)34-23(29)13-7-12-20(24(30)32-16-18-8-3-1-4-9-18)25(31)33-17-19-10-5-2-6-11-19/h1-6,8-11,20H,7,12-17H2. The van der Waals surface area contributed by atoms with E-state index in [1.54, 1.807) is 48.5 Å². The third-order valence-electron chi connectivity index (χ3n) is 5.09. The fraction of sp³-hybridized carbons (Fsp3) is 0.320. The van der Waals surface area contributed by atoms with Crippen LogP contribution in [0.2, 0.25) is 0 Å². The zero-order chi connectivity index (χ0) is 24.3. The van der Waals surface area contributed by atoms with Crippen molar-refractivity contribution in [1.82, 2.24) is 5.06 Å². The van der Waals surface area contributed by atoms with Gasteiger partial charge in [0.2, 0.25) is 0 Å². The number of amides is 2. The molecule has 34 heavy (non-hydrogen) atoms. The van der Waals surface area contributed by atoms with Crippen LogP contribution in [0.3, 0.4) is 0 Å². The van der Waals surface area contributed by atoms with E-state index in [2.05, 4.69) is 0 Å². The lowest BCUT2D eigenvalue weighted by Crippen LogP contribution is -2.32. The Balaban J connectivity index is 1.55. The second kappa shape index (κ2) is 12.3. The first-order valence-corrected chi connectivity index (χ1v) is 10.9. The van der Waals surface area contributed by atoms with Crippen LogP contribution in [0.15, 0.2) is 60.7 Å². The number of ether oxygens (including phenoxy) is 2. The van der Waals surface area contributed by atoms with Crippen molar-refractivity contribution in [2.45, 2.75) is 45.3 Å². The van der Waals surface area contributed by atoms with Crippen molar-refractivity contribution in [1.29, 1.82) is 0 Å². The molecule has 0 spiro atoms. The van der Waals surface area contributed by atoms with Crippen molar-refractivity contribution < 1.29 is 38.3 Å². The molecule has 2 aromatic rings. The molecule has 9 heteroatoms. The van der Waals surface area contributed by atoms with Crippen molar-refractivity contribution in [3.63, 3.8) is 0 Å². The van der Waals surface area contributed by atoms with Gasteiger partial charge in [-0.15, -0.1) is 5.06 Å². The number of esters is 2. The maximum Gasteiger partial charge on any atom is 0.333 e. The summed E-state index contributed by atoms with van der Waals surface area (Å²) >= 11 is 0.